The lowest BCUT2D eigenvalue weighted by Gasteiger charge is -2.09. The van der Waals surface area contributed by atoms with Crippen LogP contribution in [0.5, 0.6) is 0 Å². The van der Waals surface area contributed by atoms with Gasteiger partial charge in [-0.05, 0) is 42.8 Å². The van der Waals surface area contributed by atoms with Gasteiger partial charge >= 0.3 is 0 Å². The van der Waals surface area contributed by atoms with Gasteiger partial charge in [0.2, 0.25) is 0 Å². The molecule has 1 aromatic heterocycles. The van der Waals surface area contributed by atoms with Gasteiger partial charge in [0.1, 0.15) is 22.1 Å². The minimum absolute atomic E-state index is 0.0939. The van der Waals surface area contributed by atoms with Gasteiger partial charge in [0.25, 0.3) is 10.1 Å². The van der Waals surface area contributed by atoms with Crippen LogP contribution in [0.3, 0.4) is 0 Å². The van der Waals surface area contributed by atoms with E-state index in [9.17, 15) is 17.4 Å². The van der Waals surface area contributed by atoms with Crippen LogP contribution < -0.4 is 5.73 Å². The first-order valence-corrected chi connectivity index (χ1v) is 10.6. The molecule has 0 saturated heterocycles. The zero-order chi connectivity index (χ0) is 22.2. The van der Waals surface area contributed by atoms with Crippen LogP contribution >= 0.6 is 0 Å². The van der Waals surface area contributed by atoms with Crippen LogP contribution in [0.4, 0.5) is 21.5 Å². The molecule has 0 fully saturated rings. The van der Waals surface area contributed by atoms with E-state index >= 15 is 0 Å². The van der Waals surface area contributed by atoms with Crippen molar-refractivity contribution in [3.05, 3.63) is 78.2 Å². The molecule has 31 heavy (non-hydrogen) atoms. The second-order valence-electron chi connectivity index (χ2n) is 6.89. The molecule has 0 saturated carbocycles. The summed E-state index contributed by atoms with van der Waals surface area (Å²) in [7, 11) is -4.50. The van der Waals surface area contributed by atoms with Crippen LogP contribution in [-0.4, -0.2) is 18.0 Å². The van der Waals surface area contributed by atoms with Gasteiger partial charge in [0.15, 0.2) is 0 Å². The predicted octanol–water partition coefficient (Wildman–Crippen LogP) is 5.59. The van der Waals surface area contributed by atoms with Crippen LogP contribution in [0.15, 0.2) is 82.0 Å². The van der Waals surface area contributed by atoms with Crippen molar-refractivity contribution in [3.8, 4) is 11.3 Å². The van der Waals surface area contributed by atoms with Crippen LogP contribution in [0, 0.1) is 12.7 Å². The number of hydrogen-bond acceptors (Lipinski definition) is 6. The second-order valence-corrected chi connectivity index (χ2v) is 8.28. The molecule has 7 nitrogen and oxygen atoms in total. The maximum atomic E-state index is 13.6. The molecule has 9 heteroatoms. The van der Waals surface area contributed by atoms with Crippen molar-refractivity contribution >= 4 is 38.0 Å². The summed E-state index contributed by atoms with van der Waals surface area (Å²) in [5.41, 5.74) is 8.98. The summed E-state index contributed by atoms with van der Waals surface area (Å²) in [5, 5.41) is 8.85. The number of fused-ring (bicyclic) bond motifs is 1. The van der Waals surface area contributed by atoms with Gasteiger partial charge in [-0.2, -0.15) is 8.42 Å². The molecule has 0 aliphatic heterocycles. The molecule has 0 bridgehead atoms. The topological polar surface area (TPSA) is 118 Å². The van der Waals surface area contributed by atoms with Gasteiger partial charge in [-0.15, -0.1) is 10.2 Å². The van der Waals surface area contributed by atoms with Crippen molar-refractivity contribution < 1.29 is 17.4 Å². The van der Waals surface area contributed by atoms with Crippen molar-refractivity contribution in [3.63, 3.8) is 0 Å². The normalized spacial score (nSPS) is 12.0. The molecule has 0 aliphatic rings. The number of rotatable bonds is 4. The zero-order valence-corrected chi connectivity index (χ0v) is 17.1. The Morgan fingerprint density at radius 2 is 1.74 bits per heavy atom. The maximum Gasteiger partial charge on any atom is 0.295 e. The molecular formula is C22H17FN4O3S. The first-order chi connectivity index (χ1) is 14.7. The van der Waals surface area contributed by atoms with E-state index in [-0.39, 0.29) is 27.5 Å². The molecule has 3 aromatic carbocycles. The fourth-order valence-corrected chi connectivity index (χ4v) is 3.95. The van der Waals surface area contributed by atoms with Gasteiger partial charge in [-0.25, -0.2) is 4.39 Å². The average Bonchev–Trinajstić information content (AvgIpc) is 2.75. The summed E-state index contributed by atoms with van der Waals surface area (Å²) in [6.45, 7) is 1.86. The Hall–Kier alpha value is -3.69. The number of aryl methyl sites for hydroxylation is 1. The Morgan fingerprint density at radius 1 is 1.00 bits per heavy atom. The van der Waals surface area contributed by atoms with Crippen LogP contribution in [-0.2, 0) is 10.1 Å². The summed E-state index contributed by atoms with van der Waals surface area (Å²) in [6.07, 6.45) is 1.46. The number of pyridine rings is 1. The molecule has 0 atom stereocenters. The van der Waals surface area contributed by atoms with Crippen molar-refractivity contribution in [2.45, 2.75) is 11.8 Å². The third kappa shape index (κ3) is 4.14. The third-order valence-corrected chi connectivity index (χ3v) is 5.69. The van der Waals surface area contributed by atoms with Gasteiger partial charge < -0.3 is 5.73 Å². The van der Waals surface area contributed by atoms with Gasteiger partial charge in [0.05, 0.1) is 17.6 Å². The minimum atomic E-state index is -4.50. The quantitative estimate of drug-likeness (QED) is 0.245. The lowest BCUT2D eigenvalue weighted by Crippen LogP contribution is -2.01. The molecule has 3 N–H and O–H groups in total. The number of nitrogens with zero attached hydrogens (tertiary/aromatic N) is 3. The molecule has 0 spiro atoms. The van der Waals surface area contributed by atoms with E-state index in [0.29, 0.717) is 22.3 Å². The van der Waals surface area contributed by atoms with E-state index < -0.39 is 10.1 Å². The molecule has 0 radical (unpaired) electrons. The highest BCUT2D eigenvalue weighted by atomic mass is 32.2. The number of hydrogen-bond donors (Lipinski definition) is 2. The van der Waals surface area contributed by atoms with Crippen molar-refractivity contribution in [1.82, 2.24) is 4.98 Å². The summed E-state index contributed by atoms with van der Waals surface area (Å²) < 4.78 is 46.8. The molecule has 156 valence electrons. The molecule has 4 aromatic rings. The smallest absolute Gasteiger partial charge is 0.295 e. The molecule has 0 unspecified atom stereocenters. The van der Waals surface area contributed by atoms with Crippen LogP contribution in [0.1, 0.15) is 5.56 Å². The van der Waals surface area contributed by atoms with Gasteiger partial charge in [-0.3, -0.25) is 9.54 Å². The molecule has 1 heterocycles. The van der Waals surface area contributed by atoms with E-state index in [1.165, 1.54) is 24.4 Å². The maximum absolute atomic E-state index is 13.6. The Balaban J connectivity index is 1.72. The number of halogens is 1. The SMILES string of the molecule is Cc1ccc(F)cc1-c1ccc(N=Nc2cc(S(=O)(=O)O)c3ccccc3c2N)cn1. The Labute approximate surface area is 177 Å². The number of nitrogens with two attached hydrogens (primary N) is 1. The highest BCUT2D eigenvalue weighted by molar-refractivity contribution is 7.86. The number of anilines is 1. The minimum Gasteiger partial charge on any atom is -0.396 e. The van der Waals surface area contributed by atoms with E-state index in [1.807, 2.05) is 6.92 Å². The lowest BCUT2D eigenvalue weighted by molar-refractivity contribution is 0.484. The highest BCUT2D eigenvalue weighted by Crippen LogP contribution is 2.36. The van der Waals surface area contributed by atoms with Gasteiger partial charge in [0, 0.05) is 16.3 Å². The summed E-state index contributed by atoms with van der Waals surface area (Å²) in [4.78, 5) is 4.00. The number of aromatic nitrogens is 1. The average molecular weight is 436 g/mol. The van der Waals surface area contributed by atoms with E-state index in [0.717, 1.165) is 5.56 Å². The Morgan fingerprint density at radius 3 is 2.42 bits per heavy atom. The van der Waals surface area contributed by atoms with Crippen LogP contribution in [0.2, 0.25) is 0 Å². The summed E-state index contributed by atoms with van der Waals surface area (Å²) >= 11 is 0. The monoisotopic (exact) mass is 436 g/mol. The zero-order valence-electron chi connectivity index (χ0n) is 16.3. The molecule has 0 aliphatic carbocycles. The van der Waals surface area contributed by atoms with E-state index in [2.05, 4.69) is 15.2 Å². The lowest BCUT2D eigenvalue weighted by atomic mass is 10.1. The number of nitrogen functional groups attached to an aromatic ring is 1. The van der Waals surface area contributed by atoms with Gasteiger partial charge in [-0.1, -0.05) is 30.3 Å². The Bertz CT molecular complexity index is 1440. The first-order valence-electron chi connectivity index (χ1n) is 9.17. The Kier molecular flexibility index (Phi) is 5.22. The van der Waals surface area contributed by atoms with E-state index in [4.69, 9.17) is 5.73 Å². The van der Waals surface area contributed by atoms with E-state index in [1.54, 1.807) is 42.5 Å². The first kappa shape index (κ1) is 20.6. The van der Waals surface area contributed by atoms with Crippen molar-refractivity contribution in [2.75, 3.05) is 5.73 Å². The fourth-order valence-electron chi connectivity index (χ4n) is 3.23. The number of azo groups is 1. The standard InChI is InChI=1S/C22H17FN4O3S/c1-13-6-7-14(23)10-18(13)19-9-8-15(12-25-19)26-27-20-11-21(31(28,29)30)16-4-2-3-5-17(16)22(20)24/h2-12H,24H2,1H3,(H,28,29,30). The third-order valence-electron chi connectivity index (χ3n) is 4.80. The highest BCUT2D eigenvalue weighted by Gasteiger charge is 2.18. The summed E-state index contributed by atoms with van der Waals surface area (Å²) in [5.74, 6) is -0.354. The molecule has 0 amide bonds. The van der Waals surface area contributed by atoms with Crippen molar-refractivity contribution in [2.24, 2.45) is 10.2 Å². The number of benzene rings is 3. The molecule has 4 rings (SSSR count). The van der Waals surface area contributed by atoms with Crippen LogP contribution in [0.25, 0.3) is 22.0 Å². The summed E-state index contributed by atoms with van der Waals surface area (Å²) in [6, 6.07) is 15.5. The predicted molar refractivity (Wildman–Crippen MR) is 117 cm³/mol. The largest absolute Gasteiger partial charge is 0.396 e. The van der Waals surface area contributed by atoms with Crippen molar-refractivity contribution in [1.29, 1.82) is 0 Å². The fraction of sp³-hybridized carbons (Fsp3) is 0.0455. The second kappa shape index (κ2) is 7.86. The molecular weight excluding hydrogens is 419 g/mol.